The summed E-state index contributed by atoms with van der Waals surface area (Å²) in [4.78, 5) is 12.2. The van der Waals surface area contributed by atoms with Crippen molar-refractivity contribution in [2.45, 2.75) is 13.8 Å². The zero-order valence-electron chi connectivity index (χ0n) is 12.3. The molecule has 0 radical (unpaired) electrons. The third-order valence-electron chi connectivity index (χ3n) is 3.16. The number of aromatic nitrogens is 1. The molecule has 0 bridgehead atoms. The predicted molar refractivity (Wildman–Crippen MR) is 83.5 cm³/mol. The van der Waals surface area contributed by atoms with Gasteiger partial charge in [-0.1, -0.05) is 17.7 Å². The Hall–Kier alpha value is -2.80. The van der Waals surface area contributed by atoms with Crippen LogP contribution in [0.15, 0.2) is 42.2 Å². The van der Waals surface area contributed by atoms with Crippen molar-refractivity contribution in [1.82, 2.24) is 4.57 Å². The molecule has 0 saturated heterocycles. The van der Waals surface area contributed by atoms with Gasteiger partial charge in [0, 0.05) is 25.1 Å². The van der Waals surface area contributed by atoms with E-state index < -0.39 is 5.91 Å². The third-order valence-corrected chi connectivity index (χ3v) is 3.16. The predicted octanol–water partition coefficient (Wildman–Crippen LogP) is 3.19. The van der Waals surface area contributed by atoms with Gasteiger partial charge in [-0.25, -0.2) is 0 Å². The van der Waals surface area contributed by atoms with Crippen LogP contribution < -0.4 is 5.32 Å². The summed E-state index contributed by atoms with van der Waals surface area (Å²) in [6.45, 7) is 3.92. The molecule has 0 aliphatic carbocycles. The van der Waals surface area contributed by atoms with Gasteiger partial charge in [0.1, 0.15) is 11.6 Å². The minimum absolute atomic E-state index is 0.0844. The van der Waals surface area contributed by atoms with Crippen molar-refractivity contribution in [3.8, 4) is 6.07 Å². The van der Waals surface area contributed by atoms with Gasteiger partial charge in [-0.15, -0.1) is 0 Å². The lowest BCUT2D eigenvalue weighted by Crippen LogP contribution is -2.14. The highest BCUT2D eigenvalue weighted by molar-refractivity contribution is 6.09. The standard InChI is InChI=1S/C17H17N3O/c1-12-4-5-16(13(2)8-12)19-17(21)15(10-18)9-14-6-7-20(3)11-14/h4-9,11H,1-3H3,(H,19,21)/b15-9+. The second-order valence-corrected chi connectivity index (χ2v) is 5.05. The number of nitriles is 1. The van der Waals surface area contributed by atoms with Crippen LogP contribution in [0.1, 0.15) is 16.7 Å². The van der Waals surface area contributed by atoms with E-state index in [9.17, 15) is 10.1 Å². The number of carbonyl (C=O) groups excluding carboxylic acids is 1. The highest BCUT2D eigenvalue weighted by atomic mass is 16.1. The number of nitrogens with zero attached hydrogens (tertiary/aromatic N) is 2. The van der Waals surface area contributed by atoms with Crippen molar-refractivity contribution >= 4 is 17.7 Å². The molecule has 0 aliphatic rings. The fourth-order valence-corrected chi connectivity index (χ4v) is 2.07. The van der Waals surface area contributed by atoms with Crippen LogP contribution in [0, 0.1) is 25.2 Å². The molecular formula is C17H17N3O. The van der Waals surface area contributed by atoms with Crippen LogP contribution in [0.3, 0.4) is 0 Å². The number of benzene rings is 1. The maximum atomic E-state index is 12.2. The van der Waals surface area contributed by atoms with Crippen LogP contribution in [0.4, 0.5) is 5.69 Å². The molecule has 4 heteroatoms. The summed E-state index contributed by atoms with van der Waals surface area (Å²) in [7, 11) is 1.89. The average Bonchev–Trinajstić information content (AvgIpc) is 2.84. The molecule has 106 valence electrons. The maximum Gasteiger partial charge on any atom is 0.266 e. The van der Waals surface area contributed by atoms with Gasteiger partial charge in [0.2, 0.25) is 0 Å². The number of rotatable bonds is 3. The van der Waals surface area contributed by atoms with Crippen LogP contribution in [0.2, 0.25) is 0 Å². The van der Waals surface area contributed by atoms with E-state index in [4.69, 9.17) is 0 Å². The van der Waals surface area contributed by atoms with E-state index in [1.165, 1.54) is 0 Å². The summed E-state index contributed by atoms with van der Waals surface area (Å²) in [5.41, 5.74) is 3.73. The van der Waals surface area contributed by atoms with Crippen molar-refractivity contribution in [1.29, 1.82) is 5.26 Å². The van der Waals surface area contributed by atoms with Crippen molar-refractivity contribution < 1.29 is 4.79 Å². The van der Waals surface area contributed by atoms with Gasteiger partial charge in [0.05, 0.1) is 0 Å². The Morgan fingerprint density at radius 2 is 2.10 bits per heavy atom. The Bertz CT molecular complexity index is 748. The summed E-state index contributed by atoms with van der Waals surface area (Å²) >= 11 is 0. The van der Waals surface area contributed by atoms with E-state index in [2.05, 4.69) is 5.32 Å². The molecular weight excluding hydrogens is 262 g/mol. The number of hydrogen-bond acceptors (Lipinski definition) is 2. The molecule has 21 heavy (non-hydrogen) atoms. The molecule has 0 aliphatic heterocycles. The summed E-state index contributed by atoms with van der Waals surface area (Å²) in [5.74, 6) is -0.395. The molecule has 0 atom stereocenters. The largest absolute Gasteiger partial charge is 0.357 e. The molecule has 2 aromatic rings. The van der Waals surface area contributed by atoms with Gasteiger partial charge >= 0.3 is 0 Å². The molecule has 1 aromatic carbocycles. The van der Waals surface area contributed by atoms with Gasteiger partial charge in [-0.05, 0) is 43.2 Å². The second kappa shape index (κ2) is 6.10. The number of nitrogens with one attached hydrogen (secondary N) is 1. The minimum Gasteiger partial charge on any atom is -0.357 e. The first kappa shape index (κ1) is 14.6. The van der Waals surface area contributed by atoms with Crippen LogP contribution in [0.5, 0.6) is 0 Å². The molecule has 4 nitrogen and oxygen atoms in total. The third kappa shape index (κ3) is 3.61. The highest BCUT2D eigenvalue weighted by Crippen LogP contribution is 2.17. The summed E-state index contributed by atoms with van der Waals surface area (Å²) in [6.07, 6.45) is 5.30. The van der Waals surface area contributed by atoms with Gasteiger partial charge in [0.15, 0.2) is 0 Å². The Balaban J connectivity index is 2.21. The summed E-state index contributed by atoms with van der Waals surface area (Å²) in [6, 6.07) is 9.56. The number of aryl methyl sites for hydroxylation is 3. The zero-order valence-corrected chi connectivity index (χ0v) is 12.3. The fourth-order valence-electron chi connectivity index (χ4n) is 2.07. The van der Waals surface area contributed by atoms with Crippen molar-refractivity contribution in [2.75, 3.05) is 5.32 Å². The van der Waals surface area contributed by atoms with E-state index in [0.29, 0.717) is 0 Å². The number of anilines is 1. The second-order valence-electron chi connectivity index (χ2n) is 5.05. The van der Waals surface area contributed by atoms with E-state index in [1.807, 2.05) is 68.2 Å². The molecule has 2 rings (SSSR count). The lowest BCUT2D eigenvalue weighted by atomic mass is 10.1. The van der Waals surface area contributed by atoms with Gasteiger partial charge in [0.25, 0.3) is 5.91 Å². The Morgan fingerprint density at radius 3 is 2.67 bits per heavy atom. The first-order chi connectivity index (χ1) is 9.99. The molecule has 0 unspecified atom stereocenters. The minimum atomic E-state index is -0.395. The van der Waals surface area contributed by atoms with Gasteiger partial charge in [-0.3, -0.25) is 4.79 Å². The molecule has 1 amide bonds. The highest BCUT2D eigenvalue weighted by Gasteiger charge is 2.11. The first-order valence-electron chi connectivity index (χ1n) is 6.62. The van der Waals surface area contributed by atoms with Crippen molar-refractivity contribution in [3.63, 3.8) is 0 Å². The SMILES string of the molecule is Cc1ccc(NC(=O)/C(C#N)=C/c2ccn(C)c2)c(C)c1. The molecule has 1 N–H and O–H groups in total. The topological polar surface area (TPSA) is 57.8 Å². The Labute approximate surface area is 124 Å². The first-order valence-corrected chi connectivity index (χ1v) is 6.62. The molecule has 0 spiro atoms. The van der Waals surface area contributed by atoms with Crippen LogP contribution in [-0.2, 0) is 11.8 Å². The fraction of sp³-hybridized carbons (Fsp3) is 0.176. The normalized spacial score (nSPS) is 11.0. The number of hydrogen-bond donors (Lipinski definition) is 1. The molecule has 0 fully saturated rings. The van der Waals surface area contributed by atoms with E-state index >= 15 is 0 Å². The van der Waals surface area contributed by atoms with Crippen LogP contribution in [0.25, 0.3) is 6.08 Å². The maximum absolute atomic E-state index is 12.2. The Kier molecular flexibility index (Phi) is 4.24. The van der Waals surface area contributed by atoms with Crippen LogP contribution in [-0.4, -0.2) is 10.5 Å². The molecule has 1 aromatic heterocycles. The lowest BCUT2D eigenvalue weighted by molar-refractivity contribution is -0.112. The smallest absolute Gasteiger partial charge is 0.266 e. The van der Waals surface area contributed by atoms with E-state index in [-0.39, 0.29) is 5.57 Å². The van der Waals surface area contributed by atoms with Crippen LogP contribution >= 0.6 is 0 Å². The van der Waals surface area contributed by atoms with Gasteiger partial charge < -0.3 is 9.88 Å². The average molecular weight is 279 g/mol. The Morgan fingerprint density at radius 1 is 1.33 bits per heavy atom. The lowest BCUT2D eigenvalue weighted by Gasteiger charge is -2.08. The quantitative estimate of drug-likeness (QED) is 0.693. The van der Waals surface area contributed by atoms with Gasteiger partial charge in [-0.2, -0.15) is 5.26 Å². The van der Waals surface area contributed by atoms with E-state index in [0.717, 1.165) is 22.4 Å². The van der Waals surface area contributed by atoms with E-state index in [1.54, 1.807) is 6.08 Å². The van der Waals surface area contributed by atoms with Crippen molar-refractivity contribution in [2.24, 2.45) is 7.05 Å². The molecule has 0 saturated carbocycles. The van der Waals surface area contributed by atoms with Crippen molar-refractivity contribution in [3.05, 3.63) is 58.9 Å². The summed E-state index contributed by atoms with van der Waals surface area (Å²) in [5, 5.41) is 11.9. The molecule has 1 heterocycles. The summed E-state index contributed by atoms with van der Waals surface area (Å²) < 4.78 is 1.86. The number of carbonyl (C=O) groups is 1. The monoisotopic (exact) mass is 279 g/mol. The zero-order chi connectivity index (χ0) is 15.4. The number of amides is 1.